The molecule has 2 aromatic rings. The van der Waals surface area contributed by atoms with Gasteiger partial charge in [0, 0.05) is 21.2 Å². The zero-order chi connectivity index (χ0) is 13.7. The van der Waals surface area contributed by atoms with E-state index in [9.17, 15) is 4.39 Å². The number of rotatable bonds is 5. The van der Waals surface area contributed by atoms with E-state index in [0.717, 1.165) is 22.2 Å². The molecule has 0 radical (unpaired) electrons. The van der Waals surface area contributed by atoms with Crippen LogP contribution in [0.25, 0.3) is 0 Å². The van der Waals surface area contributed by atoms with Crippen LogP contribution < -0.4 is 5.73 Å². The molecule has 0 saturated carbocycles. The molecular weight excluding hydrogens is 325 g/mol. The van der Waals surface area contributed by atoms with Gasteiger partial charge in [0.05, 0.1) is 0 Å². The summed E-state index contributed by atoms with van der Waals surface area (Å²) in [5, 5.41) is 0. The van der Waals surface area contributed by atoms with Crippen LogP contribution in [0, 0.1) is 5.82 Å². The molecule has 0 aliphatic rings. The Kier molecular flexibility index (Phi) is 5.43. The van der Waals surface area contributed by atoms with Crippen molar-refractivity contribution in [1.82, 2.24) is 0 Å². The Bertz CT molecular complexity index is 533. The number of thioether (sulfide) groups is 1. The first-order chi connectivity index (χ1) is 9.15. The van der Waals surface area contributed by atoms with E-state index >= 15 is 0 Å². The van der Waals surface area contributed by atoms with Crippen molar-refractivity contribution < 1.29 is 4.39 Å². The fraction of sp³-hybridized carbons (Fsp3) is 0.200. The molecule has 0 heterocycles. The molecule has 0 amide bonds. The van der Waals surface area contributed by atoms with Crippen LogP contribution in [0.3, 0.4) is 0 Å². The van der Waals surface area contributed by atoms with Gasteiger partial charge in [-0.05, 0) is 36.2 Å². The summed E-state index contributed by atoms with van der Waals surface area (Å²) in [5.74, 6) is 0.608. The van der Waals surface area contributed by atoms with Gasteiger partial charge < -0.3 is 5.73 Å². The third kappa shape index (κ3) is 4.64. The van der Waals surface area contributed by atoms with Crippen LogP contribution in [-0.4, -0.2) is 11.8 Å². The first kappa shape index (κ1) is 14.6. The lowest BCUT2D eigenvalue weighted by atomic mass is 10.1. The van der Waals surface area contributed by atoms with Gasteiger partial charge in [0.2, 0.25) is 0 Å². The molecule has 4 heteroatoms. The van der Waals surface area contributed by atoms with Crippen LogP contribution in [0.15, 0.2) is 57.9 Å². The van der Waals surface area contributed by atoms with E-state index in [1.165, 1.54) is 17.0 Å². The lowest BCUT2D eigenvalue weighted by molar-refractivity contribution is 0.625. The minimum absolute atomic E-state index is 0.0481. The van der Waals surface area contributed by atoms with Crippen molar-refractivity contribution in [2.24, 2.45) is 5.73 Å². The normalized spacial score (nSPS) is 12.4. The molecule has 2 aromatic carbocycles. The molecule has 1 unspecified atom stereocenters. The Morgan fingerprint density at radius 2 is 1.89 bits per heavy atom. The van der Waals surface area contributed by atoms with E-state index in [4.69, 9.17) is 5.73 Å². The first-order valence-electron chi connectivity index (χ1n) is 6.02. The fourth-order valence-corrected chi connectivity index (χ4v) is 3.14. The highest BCUT2D eigenvalue weighted by Crippen LogP contribution is 2.22. The number of nitrogens with two attached hydrogens (primary N) is 1. The molecule has 2 N–H and O–H groups in total. The summed E-state index contributed by atoms with van der Waals surface area (Å²) in [6.45, 7) is 0. The van der Waals surface area contributed by atoms with Gasteiger partial charge in [-0.15, -0.1) is 11.8 Å². The van der Waals surface area contributed by atoms with Crippen LogP contribution in [-0.2, 0) is 6.42 Å². The van der Waals surface area contributed by atoms with Gasteiger partial charge in [-0.25, -0.2) is 4.39 Å². The van der Waals surface area contributed by atoms with Crippen LogP contribution >= 0.6 is 27.7 Å². The summed E-state index contributed by atoms with van der Waals surface area (Å²) in [6.07, 6.45) is 0.737. The predicted octanol–water partition coefficient (Wildman–Crippen LogP) is 4.25. The van der Waals surface area contributed by atoms with E-state index in [2.05, 4.69) is 28.1 Å². The average molecular weight is 340 g/mol. The Morgan fingerprint density at radius 3 is 2.58 bits per heavy atom. The smallest absolute Gasteiger partial charge is 0.124 e. The summed E-state index contributed by atoms with van der Waals surface area (Å²) in [5.41, 5.74) is 7.17. The van der Waals surface area contributed by atoms with E-state index in [-0.39, 0.29) is 11.9 Å². The van der Waals surface area contributed by atoms with Gasteiger partial charge in [-0.2, -0.15) is 0 Å². The van der Waals surface area contributed by atoms with Crippen molar-refractivity contribution >= 4 is 27.7 Å². The number of hydrogen-bond donors (Lipinski definition) is 1. The monoisotopic (exact) mass is 339 g/mol. The molecule has 1 atom stereocenters. The van der Waals surface area contributed by atoms with E-state index in [1.54, 1.807) is 17.8 Å². The molecule has 0 bridgehead atoms. The average Bonchev–Trinajstić information content (AvgIpc) is 2.41. The third-order valence-corrected chi connectivity index (χ3v) is 4.64. The van der Waals surface area contributed by atoms with Gasteiger partial charge >= 0.3 is 0 Å². The maximum absolute atomic E-state index is 13.0. The van der Waals surface area contributed by atoms with Crippen molar-refractivity contribution in [3.8, 4) is 0 Å². The van der Waals surface area contributed by atoms with Crippen LogP contribution in [0.1, 0.15) is 5.56 Å². The Hall–Kier alpha value is -0.840. The van der Waals surface area contributed by atoms with Gasteiger partial charge in [0.1, 0.15) is 5.82 Å². The largest absolute Gasteiger partial charge is 0.327 e. The SMILES string of the molecule is NC(CSc1ccccc1)Cc1ccc(F)cc1Br. The summed E-state index contributed by atoms with van der Waals surface area (Å²) >= 11 is 5.11. The van der Waals surface area contributed by atoms with Crippen molar-refractivity contribution in [2.45, 2.75) is 17.4 Å². The maximum Gasteiger partial charge on any atom is 0.124 e. The molecule has 0 aliphatic carbocycles. The molecule has 2 rings (SSSR count). The first-order valence-corrected chi connectivity index (χ1v) is 7.80. The lowest BCUT2D eigenvalue weighted by Gasteiger charge is -2.12. The highest BCUT2D eigenvalue weighted by atomic mass is 79.9. The lowest BCUT2D eigenvalue weighted by Crippen LogP contribution is -2.25. The molecule has 100 valence electrons. The van der Waals surface area contributed by atoms with E-state index < -0.39 is 0 Å². The zero-order valence-corrected chi connectivity index (χ0v) is 12.8. The molecule has 0 fully saturated rings. The highest BCUT2D eigenvalue weighted by molar-refractivity contribution is 9.10. The van der Waals surface area contributed by atoms with Crippen LogP contribution in [0.2, 0.25) is 0 Å². The maximum atomic E-state index is 13.0. The Morgan fingerprint density at radius 1 is 1.16 bits per heavy atom. The second-order valence-corrected chi connectivity index (χ2v) is 6.27. The topological polar surface area (TPSA) is 26.0 Å². The van der Waals surface area contributed by atoms with Crippen molar-refractivity contribution in [1.29, 1.82) is 0 Å². The van der Waals surface area contributed by atoms with Gasteiger partial charge in [-0.3, -0.25) is 0 Å². The van der Waals surface area contributed by atoms with Gasteiger partial charge in [-0.1, -0.05) is 40.2 Å². The summed E-state index contributed by atoms with van der Waals surface area (Å²) in [4.78, 5) is 1.22. The summed E-state index contributed by atoms with van der Waals surface area (Å²) < 4.78 is 13.8. The minimum atomic E-state index is -0.233. The molecule has 0 saturated heterocycles. The van der Waals surface area contributed by atoms with Crippen molar-refractivity contribution in [3.05, 3.63) is 64.4 Å². The Labute approximate surface area is 125 Å². The number of halogens is 2. The molecule has 0 aromatic heterocycles. The molecule has 1 nitrogen and oxygen atoms in total. The standard InChI is InChI=1S/C15H15BrFNS/c16-15-9-12(17)7-6-11(15)8-13(18)10-19-14-4-2-1-3-5-14/h1-7,9,13H,8,10,18H2. The van der Waals surface area contributed by atoms with Gasteiger partial charge in [0.25, 0.3) is 0 Å². The molecular formula is C15H15BrFNS. The molecule has 0 spiro atoms. The highest BCUT2D eigenvalue weighted by Gasteiger charge is 2.08. The minimum Gasteiger partial charge on any atom is -0.327 e. The van der Waals surface area contributed by atoms with Gasteiger partial charge in [0.15, 0.2) is 0 Å². The van der Waals surface area contributed by atoms with Crippen molar-refractivity contribution in [2.75, 3.05) is 5.75 Å². The zero-order valence-electron chi connectivity index (χ0n) is 10.4. The third-order valence-electron chi connectivity index (χ3n) is 2.70. The van der Waals surface area contributed by atoms with Crippen LogP contribution in [0.4, 0.5) is 4.39 Å². The Balaban J connectivity index is 1.89. The second-order valence-electron chi connectivity index (χ2n) is 4.32. The quantitative estimate of drug-likeness (QED) is 0.824. The van der Waals surface area contributed by atoms with Crippen molar-refractivity contribution in [3.63, 3.8) is 0 Å². The number of benzene rings is 2. The molecule has 19 heavy (non-hydrogen) atoms. The summed E-state index contributed by atoms with van der Waals surface area (Å²) in [6, 6.07) is 15.0. The predicted molar refractivity (Wildman–Crippen MR) is 82.9 cm³/mol. The molecule has 0 aliphatic heterocycles. The van der Waals surface area contributed by atoms with E-state index in [1.807, 2.05) is 18.2 Å². The van der Waals surface area contributed by atoms with Crippen LogP contribution in [0.5, 0.6) is 0 Å². The van der Waals surface area contributed by atoms with E-state index in [0.29, 0.717) is 0 Å². The fourth-order valence-electron chi connectivity index (χ4n) is 1.75. The number of hydrogen-bond acceptors (Lipinski definition) is 2. The summed E-state index contributed by atoms with van der Waals surface area (Å²) in [7, 11) is 0. The second kappa shape index (κ2) is 7.08.